The van der Waals surface area contributed by atoms with Crippen LogP contribution in [0.3, 0.4) is 0 Å². The van der Waals surface area contributed by atoms with E-state index in [4.69, 9.17) is 4.74 Å². The standard InChI is InChI=1S/C18H18O3/c1-2-16(19)10-8-14-9-11-18(17(20)12-14)21-13-15-6-4-3-5-7-15/h3-12,20H,2,13H2,1H3. The molecule has 0 fully saturated rings. The van der Waals surface area contributed by atoms with E-state index >= 15 is 0 Å². The van der Waals surface area contributed by atoms with Crippen LogP contribution in [-0.4, -0.2) is 10.9 Å². The number of hydrogen-bond donors (Lipinski definition) is 1. The molecule has 0 heterocycles. The molecule has 1 N–H and O–H groups in total. The first-order valence-electron chi connectivity index (χ1n) is 6.89. The Balaban J connectivity index is 2.02. The number of allylic oxidation sites excluding steroid dienone is 1. The maximum atomic E-state index is 11.2. The maximum Gasteiger partial charge on any atom is 0.161 e. The first-order chi connectivity index (χ1) is 10.2. The van der Waals surface area contributed by atoms with Crippen LogP contribution in [0.1, 0.15) is 24.5 Å². The molecule has 0 amide bonds. The van der Waals surface area contributed by atoms with Gasteiger partial charge in [0.2, 0.25) is 0 Å². The van der Waals surface area contributed by atoms with Crippen LogP contribution in [0.4, 0.5) is 0 Å². The van der Waals surface area contributed by atoms with Gasteiger partial charge in [-0.25, -0.2) is 0 Å². The number of ketones is 1. The summed E-state index contributed by atoms with van der Waals surface area (Å²) in [6, 6.07) is 14.8. The van der Waals surface area contributed by atoms with Crippen molar-refractivity contribution in [2.45, 2.75) is 20.0 Å². The predicted molar refractivity (Wildman–Crippen MR) is 83.2 cm³/mol. The molecule has 3 nitrogen and oxygen atoms in total. The second kappa shape index (κ2) is 7.29. The second-order valence-electron chi connectivity index (χ2n) is 4.65. The van der Waals surface area contributed by atoms with Crippen molar-refractivity contribution in [1.82, 2.24) is 0 Å². The first kappa shape index (κ1) is 14.9. The van der Waals surface area contributed by atoms with Crippen LogP contribution in [-0.2, 0) is 11.4 Å². The summed E-state index contributed by atoms with van der Waals surface area (Å²) in [5, 5.41) is 9.95. The second-order valence-corrected chi connectivity index (χ2v) is 4.65. The lowest BCUT2D eigenvalue weighted by Crippen LogP contribution is -1.95. The molecule has 0 aliphatic heterocycles. The van der Waals surface area contributed by atoms with Crippen molar-refractivity contribution in [3.8, 4) is 11.5 Å². The number of rotatable bonds is 6. The van der Waals surface area contributed by atoms with Gasteiger partial charge in [-0.3, -0.25) is 4.79 Å². The molecular formula is C18H18O3. The van der Waals surface area contributed by atoms with Gasteiger partial charge in [-0.2, -0.15) is 0 Å². The van der Waals surface area contributed by atoms with Gasteiger partial charge >= 0.3 is 0 Å². The molecule has 0 spiro atoms. The SMILES string of the molecule is CCC(=O)C=Cc1ccc(OCc2ccccc2)c(O)c1. The fraction of sp³-hybridized carbons (Fsp3) is 0.167. The summed E-state index contributed by atoms with van der Waals surface area (Å²) in [6.07, 6.45) is 3.67. The molecular weight excluding hydrogens is 264 g/mol. The lowest BCUT2D eigenvalue weighted by atomic mass is 10.1. The van der Waals surface area contributed by atoms with Gasteiger partial charge in [0.1, 0.15) is 6.61 Å². The van der Waals surface area contributed by atoms with E-state index in [1.807, 2.05) is 37.3 Å². The van der Waals surface area contributed by atoms with Crippen LogP contribution in [0, 0.1) is 0 Å². The molecule has 21 heavy (non-hydrogen) atoms. The molecule has 0 atom stereocenters. The average molecular weight is 282 g/mol. The average Bonchev–Trinajstić information content (AvgIpc) is 2.52. The summed E-state index contributed by atoms with van der Waals surface area (Å²) in [4.78, 5) is 11.2. The van der Waals surface area contributed by atoms with E-state index < -0.39 is 0 Å². The van der Waals surface area contributed by atoms with Gasteiger partial charge < -0.3 is 9.84 Å². The summed E-state index contributed by atoms with van der Waals surface area (Å²) >= 11 is 0. The van der Waals surface area contributed by atoms with Gasteiger partial charge in [-0.05, 0) is 29.3 Å². The molecule has 0 aliphatic carbocycles. The molecule has 0 aromatic heterocycles. The largest absolute Gasteiger partial charge is 0.504 e. The summed E-state index contributed by atoms with van der Waals surface area (Å²) in [5.41, 5.74) is 1.80. The van der Waals surface area contributed by atoms with Crippen molar-refractivity contribution in [3.05, 3.63) is 65.7 Å². The van der Waals surface area contributed by atoms with Gasteiger partial charge in [0, 0.05) is 6.42 Å². The Morgan fingerprint density at radius 2 is 1.95 bits per heavy atom. The quantitative estimate of drug-likeness (QED) is 0.816. The number of carbonyl (C=O) groups excluding carboxylic acids is 1. The van der Waals surface area contributed by atoms with E-state index in [2.05, 4.69) is 0 Å². The number of hydrogen-bond acceptors (Lipinski definition) is 3. The molecule has 0 radical (unpaired) electrons. The van der Waals surface area contributed by atoms with Crippen molar-refractivity contribution < 1.29 is 14.6 Å². The van der Waals surface area contributed by atoms with Gasteiger partial charge in [0.05, 0.1) is 0 Å². The van der Waals surface area contributed by atoms with Crippen molar-refractivity contribution in [2.24, 2.45) is 0 Å². The van der Waals surface area contributed by atoms with Crippen molar-refractivity contribution >= 4 is 11.9 Å². The Kier molecular flexibility index (Phi) is 5.16. The van der Waals surface area contributed by atoms with E-state index in [1.165, 1.54) is 6.08 Å². The molecule has 2 aromatic rings. The first-order valence-corrected chi connectivity index (χ1v) is 6.89. The molecule has 0 saturated heterocycles. The van der Waals surface area contributed by atoms with Gasteiger partial charge in [-0.1, -0.05) is 49.4 Å². The number of phenolic OH excluding ortho intramolecular Hbond substituents is 1. The van der Waals surface area contributed by atoms with Gasteiger partial charge in [0.15, 0.2) is 17.3 Å². The van der Waals surface area contributed by atoms with Crippen LogP contribution < -0.4 is 4.74 Å². The van der Waals surface area contributed by atoms with Crippen molar-refractivity contribution in [3.63, 3.8) is 0 Å². The van der Waals surface area contributed by atoms with Crippen LogP contribution in [0.25, 0.3) is 6.08 Å². The fourth-order valence-corrected chi connectivity index (χ4v) is 1.80. The Morgan fingerprint density at radius 1 is 1.19 bits per heavy atom. The maximum absolute atomic E-state index is 11.2. The van der Waals surface area contributed by atoms with Gasteiger partial charge in [0.25, 0.3) is 0 Å². The fourth-order valence-electron chi connectivity index (χ4n) is 1.80. The Labute approximate surface area is 124 Å². The Morgan fingerprint density at radius 3 is 2.62 bits per heavy atom. The minimum Gasteiger partial charge on any atom is -0.504 e. The predicted octanol–water partition coefficient (Wildman–Crippen LogP) is 3.96. The number of aromatic hydroxyl groups is 1. The highest BCUT2D eigenvalue weighted by Crippen LogP contribution is 2.28. The van der Waals surface area contributed by atoms with E-state index in [0.717, 1.165) is 11.1 Å². The molecule has 0 unspecified atom stereocenters. The van der Waals surface area contributed by atoms with E-state index in [0.29, 0.717) is 18.8 Å². The van der Waals surface area contributed by atoms with E-state index in [1.54, 1.807) is 24.3 Å². The lowest BCUT2D eigenvalue weighted by molar-refractivity contribution is -0.114. The highest BCUT2D eigenvalue weighted by atomic mass is 16.5. The number of phenols is 1. The summed E-state index contributed by atoms with van der Waals surface area (Å²) in [6.45, 7) is 2.21. The number of carbonyl (C=O) groups is 1. The smallest absolute Gasteiger partial charge is 0.161 e. The number of benzene rings is 2. The zero-order valence-electron chi connectivity index (χ0n) is 12.0. The highest BCUT2D eigenvalue weighted by molar-refractivity contribution is 5.93. The highest BCUT2D eigenvalue weighted by Gasteiger charge is 2.03. The van der Waals surface area contributed by atoms with Crippen LogP contribution in [0.15, 0.2) is 54.6 Å². The zero-order valence-corrected chi connectivity index (χ0v) is 12.0. The summed E-state index contributed by atoms with van der Waals surface area (Å²) in [5.74, 6) is 0.550. The normalized spacial score (nSPS) is 10.7. The topological polar surface area (TPSA) is 46.5 Å². The van der Waals surface area contributed by atoms with E-state index in [9.17, 15) is 9.90 Å². The lowest BCUT2D eigenvalue weighted by Gasteiger charge is -2.08. The third kappa shape index (κ3) is 4.49. The molecule has 2 aromatic carbocycles. The monoisotopic (exact) mass is 282 g/mol. The molecule has 108 valence electrons. The van der Waals surface area contributed by atoms with Crippen molar-refractivity contribution in [1.29, 1.82) is 0 Å². The minimum atomic E-state index is 0.0545. The molecule has 0 bridgehead atoms. The van der Waals surface area contributed by atoms with Crippen molar-refractivity contribution in [2.75, 3.05) is 0 Å². The summed E-state index contributed by atoms with van der Waals surface area (Å²) in [7, 11) is 0. The number of ether oxygens (including phenoxy) is 1. The molecule has 3 heteroatoms. The van der Waals surface area contributed by atoms with Gasteiger partial charge in [-0.15, -0.1) is 0 Å². The third-order valence-corrected chi connectivity index (χ3v) is 3.03. The molecule has 2 rings (SSSR count). The Hall–Kier alpha value is -2.55. The van der Waals surface area contributed by atoms with Crippen LogP contribution in [0.2, 0.25) is 0 Å². The zero-order chi connectivity index (χ0) is 15.1. The van der Waals surface area contributed by atoms with Crippen LogP contribution in [0.5, 0.6) is 11.5 Å². The van der Waals surface area contributed by atoms with Crippen LogP contribution >= 0.6 is 0 Å². The molecule has 0 aliphatic rings. The van der Waals surface area contributed by atoms with E-state index in [-0.39, 0.29) is 11.5 Å². The minimum absolute atomic E-state index is 0.0545. The Bertz CT molecular complexity index is 630. The molecule has 0 saturated carbocycles. The summed E-state index contributed by atoms with van der Waals surface area (Å²) < 4.78 is 5.58. The third-order valence-electron chi connectivity index (χ3n) is 3.03.